The Morgan fingerprint density at radius 2 is 1.79 bits per heavy atom. The number of rotatable bonds is 10. The van der Waals surface area contributed by atoms with Crippen molar-refractivity contribution in [3.63, 3.8) is 0 Å². The number of methoxy groups -OCH3 is 1. The van der Waals surface area contributed by atoms with Gasteiger partial charge in [-0.1, -0.05) is 36.4 Å². The van der Waals surface area contributed by atoms with Crippen molar-refractivity contribution in [3.8, 4) is 11.5 Å². The van der Waals surface area contributed by atoms with E-state index in [2.05, 4.69) is 41.4 Å². The molecule has 3 rings (SSSR count). The fourth-order valence-corrected chi connectivity index (χ4v) is 3.48. The molecule has 1 aliphatic heterocycles. The summed E-state index contributed by atoms with van der Waals surface area (Å²) in [4.78, 5) is 2.20. The molecule has 2 N–H and O–H groups in total. The van der Waals surface area contributed by atoms with E-state index in [9.17, 15) is 5.11 Å². The normalized spacial score (nSPS) is 15.8. The lowest BCUT2D eigenvalue weighted by Crippen LogP contribution is -2.42. The average molecular weight is 401 g/mol. The van der Waals surface area contributed by atoms with E-state index in [0.717, 1.165) is 38.4 Å². The number of morpholine rings is 1. The van der Waals surface area contributed by atoms with Crippen molar-refractivity contribution in [2.75, 3.05) is 46.6 Å². The topological polar surface area (TPSA) is 63.2 Å². The highest BCUT2D eigenvalue weighted by molar-refractivity contribution is 5.46. The summed E-state index contributed by atoms with van der Waals surface area (Å²) in [6, 6.07) is 14.2. The zero-order chi connectivity index (χ0) is 20.5. The lowest BCUT2D eigenvalue weighted by atomic mass is 10.1. The van der Waals surface area contributed by atoms with Crippen molar-refractivity contribution in [1.82, 2.24) is 10.2 Å². The highest BCUT2D eigenvalue weighted by Crippen LogP contribution is 2.31. The molecular formula is C23H32N2O4. The lowest BCUT2D eigenvalue weighted by Gasteiger charge is -2.28. The maximum Gasteiger partial charge on any atom is 0.165 e. The Morgan fingerprint density at radius 1 is 1.07 bits per heavy atom. The van der Waals surface area contributed by atoms with Crippen LogP contribution in [0.25, 0.3) is 0 Å². The minimum absolute atomic E-state index is 0.225. The molecule has 158 valence electrons. The van der Waals surface area contributed by atoms with Gasteiger partial charge >= 0.3 is 0 Å². The molecule has 6 nitrogen and oxygen atoms in total. The van der Waals surface area contributed by atoms with Crippen LogP contribution in [0.1, 0.15) is 16.7 Å². The molecule has 2 aromatic rings. The van der Waals surface area contributed by atoms with E-state index in [1.165, 1.54) is 11.1 Å². The van der Waals surface area contributed by atoms with Crippen LogP contribution >= 0.6 is 0 Å². The first-order chi connectivity index (χ1) is 14.2. The predicted molar refractivity (Wildman–Crippen MR) is 113 cm³/mol. The summed E-state index contributed by atoms with van der Waals surface area (Å²) >= 11 is 0. The first-order valence-electron chi connectivity index (χ1n) is 10.2. The number of hydrogen-bond donors (Lipinski definition) is 2. The third kappa shape index (κ3) is 6.44. The number of para-hydroxylation sites is 1. The Bertz CT molecular complexity index is 762. The highest BCUT2D eigenvalue weighted by Gasteiger charge is 2.17. The van der Waals surface area contributed by atoms with Crippen LogP contribution in [0.15, 0.2) is 42.5 Å². The Labute approximate surface area is 173 Å². The Kier molecular flexibility index (Phi) is 8.31. The van der Waals surface area contributed by atoms with Crippen LogP contribution < -0.4 is 14.8 Å². The van der Waals surface area contributed by atoms with E-state index >= 15 is 0 Å². The van der Waals surface area contributed by atoms with Crippen LogP contribution in [-0.2, 0) is 17.8 Å². The van der Waals surface area contributed by atoms with Crippen LogP contribution in [0.4, 0.5) is 0 Å². The maximum absolute atomic E-state index is 10.4. The molecule has 0 radical (unpaired) electrons. The van der Waals surface area contributed by atoms with Crippen LogP contribution in [0, 0.1) is 6.92 Å². The molecule has 1 atom stereocenters. The lowest BCUT2D eigenvalue weighted by molar-refractivity contribution is 0.00436. The van der Waals surface area contributed by atoms with Gasteiger partial charge in [0.15, 0.2) is 11.5 Å². The minimum atomic E-state index is -0.564. The van der Waals surface area contributed by atoms with Gasteiger partial charge in [0, 0.05) is 38.3 Å². The van der Waals surface area contributed by atoms with Gasteiger partial charge in [0.1, 0.15) is 12.7 Å². The van der Waals surface area contributed by atoms with Crippen molar-refractivity contribution in [2.24, 2.45) is 0 Å². The van der Waals surface area contributed by atoms with Crippen LogP contribution in [-0.4, -0.2) is 62.7 Å². The van der Waals surface area contributed by atoms with Gasteiger partial charge in [-0.15, -0.1) is 0 Å². The quantitative estimate of drug-likeness (QED) is 0.639. The zero-order valence-corrected chi connectivity index (χ0v) is 17.4. The minimum Gasteiger partial charge on any atom is -0.493 e. The number of aliphatic hydroxyl groups is 1. The van der Waals surface area contributed by atoms with Crippen molar-refractivity contribution < 1.29 is 19.3 Å². The molecule has 0 amide bonds. The van der Waals surface area contributed by atoms with Crippen molar-refractivity contribution in [1.29, 1.82) is 0 Å². The Balaban J connectivity index is 1.57. The molecule has 1 heterocycles. The van der Waals surface area contributed by atoms with E-state index in [-0.39, 0.29) is 6.61 Å². The van der Waals surface area contributed by atoms with Crippen LogP contribution in [0.3, 0.4) is 0 Å². The SMILES string of the molecule is COc1cccc(CNCc2ccccc2C)c1OC[C@H](O)CN1CCOCC1. The summed E-state index contributed by atoms with van der Waals surface area (Å²) < 4.78 is 16.9. The van der Waals surface area contributed by atoms with Gasteiger partial charge in [-0.05, 0) is 24.1 Å². The second kappa shape index (κ2) is 11.2. The standard InChI is InChI=1S/C23H32N2O4/c1-18-6-3-4-7-19(18)14-24-15-20-8-5-9-22(27-2)23(20)29-17-21(26)16-25-10-12-28-13-11-25/h3-9,21,24,26H,10-17H2,1-2H3/t21-/m1/s1. The van der Waals surface area contributed by atoms with Gasteiger partial charge in [0.05, 0.1) is 20.3 Å². The van der Waals surface area contributed by atoms with E-state index in [1.807, 2.05) is 18.2 Å². The molecule has 1 saturated heterocycles. The van der Waals surface area contributed by atoms with E-state index in [0.29, 0.717) is 24.6 Å². The zero-order valence-electron chi connectivity index (χ0n) is 17.4. The van der Waals surface area contributed by atoms with Gasteiger partial charge < -0.3 is 24.6 Å². The second-order valence-electron chi connectivity index (χ2n) is 7.36. The molecule has 0 bridgehead atoms. The molecule has 0 spiro atoms. The monoisotopic (exact) mass is 400 g/mol. The van der Waals surface area contributed by atoms with Crippen LogP contribution in [0.2, 0.25) is 0 Å². The number of hydrogen-bond acceptors (Lipinski definition) is 6. The van der Waals surface area contributed by atoms with Crippen molar-refractivity contribution >= 4 is 0 Å². The van der Waals surface area contributed by atoms with E-state index in [1.54, 1.807) is 7.11 Å². The number of benzene rings is 2. The van der Waals surface area contributed by atoms with Gasteiger partial charge in [-0.25, -0.2) is 0 Å². The third-order valence-corrected chi connectivity index (χ3v) is 5.17. The summed E-state index contributed by atoms with van der Waals surface area (Å²) in [6.07, 6.45) is -0.564. The Hall–Kier alpha value is -2.12. The largest absolute Gasteiger partial charge is 0.493 e. The summed E-state index contributed by atoms with van der Waals surface area (Å²) in [7, 11) is 1.64. The number of β-amino-alcohol motifs (C(OH)–C–C–N with tert-alkyl or cyclic N) is 1. The fraction of sp³-hybridized carbons (Fsp3) is 0.478. The molecule has 6 heteroatoms. The van der Waals surface area contributed by atoms with E-state index < -0.39 is 6.10 Å². The molecular weight excluding hydrogens is 368 g/mol. The van der Waals surface area contributed by atoms with Crippen molar-refractivity contribution in [2.45, 2.75) is 26.1 Å². The molecule has 0 saturated carbocycles. The van der Waals surface area contributed by atoms with E-state index in [4.69, 9.17) is 14.2 Å². The molecule has 29 heavy (non-hydrogen) atoms. The van der Waals surface area contributed by atoms with Gasteiger partial charge in [0.25, 0.3) is 0 Å². The average Bonchev–Trinajstić information content (AvgIpc) is 2.74. The highest BCUT2D eigenvalue weighted by atomic mass is 16.5. The molecule has 1 fully saturated rings. The smallest absolute Gasteiger partial charge is 0.165 e. The first-order valence-corrected chi connectivity index (χ1v) is 10.2. The molecule has 1 aliphatic rings. The number of aryl methyl sites for hydroxylation is 1. The molecule has 0 unspecified atom stereocenters. The Morgan fingerprint density at radius 3 is 2.55 bits per heavy atom. The number of ether oxygens (including phenoxy) is 3. The van der Waals surface area contributed by atoms with Gasteiger partial charge in [0.2, 0.25) is 0 Å². The molecule has 0 aliphatic carbocycles. The number of aliphatic hydroxyl groups excluding tert-OH is 1. The predicted octanol–water partition coefficient (Wildman–Crippen LogP) is 2.37. The van der Waals surface area contributed by atoms with Gasteiger partial charge in [-0.3, -0.25) is 4.90 Å². The number of nitrogens with one attached hydrogen (secondary N) is 1. The first kappa shape index (κ1) is 21.6. The van der Waals surface area contributed by atoms with Gasteiger partial charge in [-0.2, -0.15) is 0 Å². The summed E-state index contributed by atoms with van der Waals surface area (Å²) in [5.74, 6) is 1.37. The fourth-order valence-electron chi connectivity index (χ4n) is 3.48. The number of nitrogens with zero attached hydrogens (tertiary/aromatic N) is 1. The summed E-state index contributed by atoms with van der Waals surface area (Å²) in [5.41, 5.74) is 3.56. The van der Waals surface area contributed by atoms with Crippen molar-refractivity contribution in [3.05, 3.63) is 59.2 Å². The maximum atomic E-state index is 10.4. The van der Waals surface area contributed by atoms with Crippen LogP contribution in [0.5, 0.6) is 11.5 Å². The molecule has 2 aromatic carbocycles. The summed E-state index contributed by atoms with van der Waals surface area (Å²) in [5, 5.41) is 13.9. The summed E-state index contributed by atoms with van der Waals surface area (Å²) in [6.45, 7) is 7.49. The third-order valence-electron chi connectivity index (χ3n) is 5.17. The second-order valence-corrected chi connectivity index (χ2v) is 7.36. The molecule has 0 aromatic heterocycles.